The first-order valence-electron chi connectivity index (χ1n) is 8.76. The summed E-state index contributed by atoms with van der Waals surface area (Å²) in [5.41, 5.74) is 0.589. The van der Waals surface area contributed by atoms with Crippen LogP contribution in [0.5, 0.6) is 0 Å². The highest BCUT2D eigenvalue weighted by atomic mass is 32.2. The molecule has 3 rings (SSSR count). The van der Waals surface area contributed by atoms with Gasteiger partial charge in [0.1, 0.15) is 10.6 Å². The summed E-state index contributed by atoms with van der Waals surface area (Å²) in [6.07, 6.45) is 3.23. The van der Waals surface area contributed by atoms with E-state index < -0.39 is 10.5 Å². The zero-order chi connectivity index (χ0) is 19.6. The lowest BCUT2D eigenvalue weighted by Gasteiger charge is -2.28. The van der Waals surface area contributed by atoms with Gasteiger partial charge in [0.25, 0.3) is 5.69 Å². The standard InChI is InChI=1S/C18H22N4O4S/c1-18(2,3)26-17(23)21-8-4-5-13(21)11-27-16-10-19-15-9-12(22(24)25)6-7-14(15)20-16/h6-7,9-10,13H,4-5,8,11H2,1-3H3/t13-/m1/s1. The highest BCUT2D eigenvalue weighted by molar-refractivity contribution is 7.99. The summed E-state index contributed by atoms with van der Waals surface area (Å²) >= 11 is 1.53. The number of fused-ring (bicyclic) bond motifs is 1. The molecule has 0 spiro atoms. The van der Waals surface area contributed by atoms with Crippen LogP contribution in [0.1, 0.15) is 33.6 Å². The van der Waals surface area contributed by atoms with Crippen LogP contribution >= 0.6 is 11.8 Å². The fourth-order valence-corrected chi connectivity index (χ4v) is 3.92. The summed E-state index contributed by atoms with van der Waals surface area (Å²) in [7, 11) is 0. The lowest BCUT2D eigenvalue weighted by Crippen LogP contribution is -2.40. The third-order valence-corrected chi connectivity index (χ3v) is 5.19. The van der Waals surface area contributed by atoms with Crippen molar-refractivity contribution in [1.29, 1.82) is 0 Å². The number of nitrogens with zero attached hydrogens (tertiary/aromatic N) is 4. The van der Waals surface area contributed by atoms with Gasteiger partial charge in [-0.25, -0.2) is 9.78 Å². The van der Waals surface area contributed by atoms with Crippen LogP contribution in [0.2, 0.25) is 0 Å². The maximum absolute atomic E-state index is 12.4. The number of carbonyl (C=O) groups excluding carboxylic acids is 1. The molecule has 27 heavy (non-hydrogen) atoms. The van der Waals surface area contributed by atoms with Crippen LogP contribution in [-0.4, -0.2) is 49.8 Å². The predicted molar refractivity (Wildman–Crippen MR) is 103 cm³/mol. The molecule has 1 aliphatic rings. The van der Waals surface area contributed by atoms with Crippen LogP contribution in [0.4, 0.5) is 10.5 Å². The van der Waals surface area contributed by atoms with Crippen molar-refractivity contribution in [2.75, 3.05) is 12.3 Å². The van der Waals surface area contributed by atoms with Gasteiger partial charge in [-0.1, -0.05) is 0 Å². The van der Waals surface area contributed by atoms with Gasteiger partial charge < -0.3 is 9.64 Å². The van der Waals surface area contributed by atoms with Crippen LogP contribution in [-0.2, 0) is 4.74 Å². The topological polar surface area (TPSA) is 98.5 Å². The average Bonchev–Trinajstić information content (AvgIpc) is 3.06. The summed E-state index contributed by atoms with van der Waals surface area (Å²) in [6, 6.07) is 4.54. The monoisotopic (exact) mass is 390 g/mol. The number of hydrogen-bond donors (Lipinski definition) is 0. The van der Waals surface area contributed by atoms with Crippen molar-refractivity contribution in [3.8, 4) is 0 Å². The van der Waals surface area contributed by atoms with E-state index in [9.17, 15) is 14.9 Å². The van der Waals surface area contributed by atoms with Crippen molar-refractivity contribution in [2.24, 2.45) is 0 Å². The van der Waals surface area contributed by atoms with Crippen LogP contribution in [0.25, 0.3) is 11.0 Å². The van der Waals surface area contributed by atoms with Gasteiger partial charge in [0.05, 0.1) is 22.2 Å². The second-order valence-corrected chi connectivity index (χ2v) is 8.46. The summed E-state index contributed by atoms with van der Waals surface area (Å²) < 4.78 is 5.49. The van der Waals surface area contributed by atoms with Gasteiger partial charge in [0.2, 0.25) is 0 Å². The van der Waals surface area contributed by atoms with E-state index in [1.54, 1.807) is 17.2 Å². The Morgan fingerprint density at radius 1 is 1.41 bits per heavy atom. The van der Waals surface area contributed by atoms with E-state index in [0.29, 0.717) is 23.3 Å². The van der Waals surface area contributed by atoms with Gasteiger partial charge in [0, 0.05) is 30.5 Å². The number of nitro benzene ring substituents is 1. The molecule has 1 amide bonds. The summed E-state index contributed by atoms with van der Waals surface area (Å²) in [6.45, 7) is 6.28. The van der Waals surface area contributed by atoms with Crippen LogP contribution in [0.3, 0.4) is 0 Å². The molecule has 1 aromatic heterocycles. The van der Waals surface area contributed by atoms with Gasteiger partial charge in [-0.2, -0.15) is 0 Å². The molecule has 0 aliphatic carbocycles. The number of hydrogen-bond acceptors (Lipinski definition) is 7. The van der Waals surface area contributed by atoms with E-state index >= 15 is 0 Å². The Morgan fingerprint density at radius 2 is 2.19 bits per heavy atom. The van der Waals surface area contributed by atoms with Gasteiger partial charge in [-0.15, -0.1) is 11.8 Å². The number of non-ortho nitro benzene ring substituents is 1. The Morgan fingerprint density at radius 3 is 2.89 bits per heavy atom. The first-order valence-corrected chi connectivity index (χ1v) is 9.75. The van der Waals surface area contributed by atoms with Crippen molar-refractivity contribution in [3.05, 3.63) is 34.5 Å². The van der Waals surface area contributed by atoms with Crippen molar-refractivity contribution < 1.29 is 14.5 Å². The number of ether oxygens (including phenoxy) is 1. The fourth-order valence-electron chi connectivity index (χ4n) is 2.92. The third-order valence-electron chi connectivity index (χ3n) is 4.14. The third kappa shape index (κ3) is 4.85. The van der Waals surface area contributed by atoms with Gasteiger partial charge in [-0.05, 0) is 39.7 Å². The second kappa shape index (κ2) is 7.67. The number of thioether (sulfide) groups is 1. The van der Waals surface area contributed by atoms with Crippen molar-refractivity contribution in [2.45, 2.75) is 50.3 Å². The van der Waals surface area contributed by atoms with Crippen LogP contribution in [0.15, 0.2) is 29.4 Å². The minimum atomic E-state index is -0.510. The molecule has 0 unspecified atom stereocenters. The molecule has 1 aromatic carbocycles. The molecule has 1 atom stereocenters. The number of amides is 1. The Balaban J connectivity index is 1.66. The number of carbonyl (C=O) groups is 1. The number of benzene rings is 1. The summed E-state index contributed by atoms with van der Waals surface area (Å²) in [4.78, 5) is 33.3. The molecule has 144 valence electrons. The zero-order valence-corrected chi connectivity index (χ0v) is 16.4. The quantitative estimate of drug-likeness (QED) is 0.441. The highest BCUT2D eigenvalue weighted by Gasteiger charge is 2.32. The van der Waals surface area contributed by atoms with Gasteiger partial charge in [-0.3, -0.25) is 15.1 Å². The van der Waals surface area contributed by atoms with Gasteiger partial charge in [0.15, 0.2) is 0 Å². The summed E-state index contributed by atoms with van der Waals surface area (Å²) in [5.74, 6) is 0.701. The number of rotatable bonds is 4. The molecule has 1 saturated heterocycles. The van der Waals surface area contributed by atoms with Crippen molar-refractivity contribution in [1.82, 2.24) is 14.9 Å². The smallest absolute Gasteiger partial charge is 0.410 e. The normalized spacial score (nSPS) is 17.3. The van der Waals surface area contributed by atoms with E-state index in [0.717, 1.165) is 17.9 Å². The summed E-state index contributed by atoms with van der Waals surface area (Å²) in [5, 5.41) is 11.6. The molecular formula is C18H22N4O4S. The second-order valence-electron chi connectivity index (χ2n) is 7.42. The molecular weight excluding hydrogens is 368 g/mol. The highest BCUT2D eigenvalue weighted by Crippen LogP contribution is 2.27. The predicted octanol–water partition coefficient (Wildman–Crippen LogP) is 4.03. The van der Waals surface area contributed by atoms with E-state index in [1.165, 1.54) is 23.9 Å². The van der Waals surface area contributed by atoms with Crippen LogP contribution in [0, 0.1) is 10.1 Å². The Hall–Kier alpha value is -2.42. The van der Waals surface area contributed by atoms with Crippen molar-refractivity contribution >= 4 is 34.6 Å². The minimum Gasteiger partial charge on any atom is -0.444 e. The first kappa shape index (κ1) is 19.3. The van der Waals surface area contributed by atoms with E-state index in [2.05, 4.69) is 9.97 Å². The van der Waals surface area contributed by atoms with E-state index in [-0.39, 0.29) is 17.8 Å². The van der Waals surface area contributed by atoms with Crippen LogP contribution < -0.4 is 0 Å². The van der Waals surface area contributed by atoms with Crippen molar-refractivity contribution in [3.63, 3.8) is 0 Å². The SMILES string of the molecule is CC(C)(C)OC(=O)N1CCC[C@@H]1CSc1cnc2cc([N+](=O)[O-])ccc2n1. The van der Waals surface area contributed by atoms with E-state index in [1.807, 2.05) is 20.8 Å². The number of nitro groups is 1. The maximum atomic E-state index is 12.4. The fraction of sp³-hybridized carbons (Fsp3) is 0.500. The lowest BCUT2D eigenvalue weighted by atomic mass is 10.2. The van der Waals surface area contributed by atoms with Gasteiger partial charge >= 0.3 is 6.09 Å². The number of likely N-dealkylation sites (tertiary alicyclic amines) is 1. The molecule has 0 radical (unpaired) electrons. The molecule has 0 N–H and O–H groups in total. The Labute approximate surface area is 161 Å². The molecule has 0 saturated carbocycles. The lowest BCUT2D eigenvalue weighted by molar-refractivity contribution is -0.384. The maximum Gasteiger partial charge on any atom is 0.410 e. The van der Waals surface area contributed by atoms with E-state index in [4.69, 9.17) is 4.74 Å². The largest absolute Gasteiger partial charge is 0.444 e. The molecule has 2 aromatic rings. The molecule has 8 nitrogen and oxygen atoms in total. The first-order chi connectivity index (χ1) is 12.7. The number of aromatic nitrogens is 2. The molecule has 1 fully saturated rings. The minimum absolute atomic E-state index is 0.00355. The Bertz CT molecular complexity index is 868. The zero-order valence-electron chi connectivity index (χ0n) is 15.5. The Kier molecular flexibility index (Phi) is 5.50. The molecule has 0 bridgehead atoms. The molecule has 1 aliphatic heterocycles. The average molecular weight is 390 g/mol. The molecule has 2 heterocycles. The molecule has 9 heteroatoms.